The topological polar surface area (TPSA) is 102 Å². The van der Waals surface area contributed by atoms with Gasteiger partial charge in [-0.05, 0) is 17.7 Å². The van der Waals surface area contributed by atoms with Crippen LogP contribution in [0.25, 0.3) is 0 Å². The van der Waals surface area contributed by atoms with Crippen molar-refractivity contribution in [1.82, 2.24) is 9.97 Å². The Morgan fingerprint density at radius 3 is 2.95 bits per heavy atom. The van der Waals surface area contributed by atoms with Crippen molar-refractivity contribution in [2.75, 3.05) is 24.3 Å². The summed E-state index contributed by atoms with van der Waals surface area (Å²) in [6.45, 7) is 0.359. The van der Waals surface area contributed by atoms with Gasteiger partial charge in [-0.25, -0.2) is 9.97 Å². The fourth-order valence-corrected chi connectivity index (χ4v) is 2.03. The second-order valence-corrected chi connectivity index (χ2v) is 4.75. The largest absolute Gasteiger partial charge is 0.484 e. The van der Waals surface area contributed by atoms with E-state index in [-0.39, 0.29) is 6.61 Å². The lowest BCUT2D eigenvalue weighted by molar-refractivity contribution is -0.119. The minimum atomic E-state index is -0.516. The van der Waals surface area contributed by atoms with Gasteiger partial charge in [0.2, 0.25) is 0 Å². The number of amides is 1. The smallest absolute Gasteiger partial charge is 0.255 e. The van der Waals surface area contributed by atoms with E-state index >= 15 is 0 Å². The van der Waals surface area contributed by atoms with Crippen LogP contribution < -0.4 is 21.1 Å². The molecule has 0 radical (unpaired) electrons. The molecule has 1 aromatic carbocycles. The minimum Gasteiger partial charge on any atom is -0.484 e. The predicted octanol–water partition coefficient (Wildman–Crippen LogP) is 1.65. The van der Waals surface area contributed by atoms with E-state index in [1.807, 2.05) is 18.2 Å². The molecule has 1 aromatic heterocycles. The van der Waals surface area contributed by atoms with Crippen molar-refractivity contribution in [2.45, 2.75) is 6.54 Å². The van der Waals surface area contributed by atoms with E-state index in [0.717, 1.165) is 5.56 Å². The summed E-state index contributed by atoms with van der Waals surface area (Å²) in [6.07, 6.45) is 1.39. The Kier molecular flexibility index (Phi) is 5.37. The van der Waals surface area contributed by atoms with Gasteiger partial charge in [0.15, 0.2) is 17.6 Å². The number of nitrogens with zero attached hydrogens (tertiary/aromatic N) is 2. The Hall–Kier alpha value is -2.54. The number of anilines is 2. The number of carbonyl (C=O) groups excluding carboxylic acids is 1. The van der Waals surface area contributed by atoms with Gasteiger partial charge in [-0.15, -0.1) is 0 Å². The van der Waals surface area contributed by atoms with Crippen molar-refractivity contribution < 1.29 is 9.53 Å². The molecule has 116 valence electrons. The van der Waals surface area contributed by atoms with Crippen molar-refractivity contribution in [1.29, 1.82) is 0 Å². The van der Waals surface area contributed by atoms with Crippen LogP contribution in [0.4, 0.5) is 11.5 Å². The van der Waals surface area contributed by atoms with Crippen molar-refractivity contribution in [2.24, 2.45) is 5.73 Å². The number of hydrogen-bond donors (Lipinski definition) is 3. The number of ether oxygens (including phenoxy) is 1. The highest BCUT2D eigenvalue weighted by molar-refractivity contribution is 6.32. The van der Waals surface area contributed by atoms with Crippen LogP contribution in [0.2, 0.25) is 5.15 Å². The number of nitrogens with two attached hydrogens (primary N) is 1. The SMILES string of the molecule is CNc1c(Cl)ncnc1NCc1cccc(OCC(N)=O)c1. The molecule has 7 nitrogen and oxygen atoms in total. The van der Waals surface area contributed by atoms with Gasteiger partial charge in [-0.2, -0.15) is 0 Å². The fraction of sp³-hybridized carbons (Fsp3) is 0.214. The number of rotatable bonds is 7. The minimum absolute atomic E-state index is 0.150. The highest BCUT2D eigenvalue weighted by atomic mass is 35.5. The quantitative estimate of drug-likeness (QED) is 0.670. The second kappa shape index (κ2) is 7.46. The van der Waals surface area contributed by atoms with Crippen molar-refractivity contribution in [3.63, 3.8) is 0 Å². The van der Waals surface area contributed by atoms with E-state index in [9.17, 15) is 4.79 Å². The first-order valence-electron chi connectivity index (χ1n) is 6.52. The third-order valence-electron chi connectivity index (χ3n) is 2.79. The highest BCUT2D eigenvalue weighted by Gasteiger charge is 2.08. The molecule has 2 rings (SSSR count). The third kappa shape index (κ3) is 4.23. The van der Waals surface area contributed by atoms with Crippen LogP contribution >= 0.6 is 11.6 Å². The van der Waals surface area contributed by atoms with Gasteiger partial charge >= 0.3 is 0 Å². The predicted molar refractivity (Wildman–Crippen MR) is 85.0 cm³/mol. The molecule has 1 heterocycles. The zero-order valence-electron chi connectivity index (χ0n) is 12.0. The monoisotopic (exact) mass is 321 g/mol. The lowest BCUT2D eigenvalue weighted by Gasteiger charge is -2.12. The van der Waals surface area contributed by atoms with Crippen LogP contribution in [0.3, 0.4) is 0 Å². The number of carbonyl (C=O) groups is 1. The van der Waals surface area contributed by atoms with Crippen molar-refractivity contribution in [3.8, 4) is 5.75 Å². The average molecular weight is 322 g/mol. The van der Waals surface area contributed by atoms with Gasteiger partial charge < -0.3 is 21.1 Å². The van der Waals surface area contributed by atoms with Crippen LogP contribution in [0.1, 0.15) is 5.56 Å². The summed E-state index contributed by atoms with van der Waals surface area (Å²) in [5, 5.41) is 6.46. The van der Waals surface area contributed by atoms with E-state index in [1.165, 1.54) is 6.33 Å². The molecule has 0 saturated carbocycles. The number of halogens is 1. The van der Waals surface area contributed by atoms with Crippen LogP contribution in [-0.4, -0.2) is 29.5 Å². The summed E-state index contributed by atoms with van der Waals surface area (Å²) >= 11 is 5.99. The maximum absolute atomic E-state index is 10.7. The third-order valence-corrected chi connectivity index (χ3v) is 3.08. The molecule has 0 fully saturated rings. The first-order chi connectivity index (χ1) is 10.6. The Balaban J connectivity index is 2.04. The fourth-order valence-electron chi connectivity index (χ4n) is 1.81. The summed E-state index contributed by atoms with van der Waals surface area (Å²) in [5.74, 6) is 0.663. The van der Waals surface area contributed by atoms with Gasteiger partial charge in [0, 0.05) is 13.6 Å². The molecule has 0 aliphatic rings. The number of nitrogens with one attached hydrogen (secondary N) is 2. The normalized spacial score (nSPS) is 10.1. The number of primary amides is 1. The molecule has 4 N–H and O–H groups in total. The first-order valence-corrected chi connectivity index (χ1v) is 6.90. The zero-order chi connectivity index (χ0) is 15.9. The molecule has 0 unspecified atom stereocenters. The van der Waals surface area contributed by atoms with E-state index < -0.39 is 5.91 Å². The standard InChI is InChI=1S/C14H16ClN5O2/c1-17-12-13(15)19-8-20-14(12)18-6-9-3-2-4-10(5-9)22-7-11(16)21/h2-5,8,17H,6-7H2,1H3,(H2,16,21)(H,18,19,20). The lowest BCUT2D eigenvalue weighted by atomic mass is 10.2. The molecule has 2 aromatic rings. The van der Waals surface area contributed by atoms with Crippen molar-refractivity contribution >= 4 is 29.0 Å². The summed E-state index contributed by atoms with van der Waals surface area (Å²) < 4.78 is 5.26. The lowest BCUT2D eigenvalue weighted by Crippen LogP contribution is -2.20. The molecular formula is C14H16ClN5O2. The summed E-state index contributed by atoms with van der Waals surface area (Å²) in [4.78, 5) is 18.8. The molecule has 8 heteroatoms. The van der Waals surface area contributed by atoms with Gasteiger partial charge in [0.1, 0.15) is 17.8 Å². The van der Waals surface area contributed by atoms with Crippen LogP contribution in [0.5, 0.6) is 5.75 Å². The Morgan fingerprint density at radius 2 is 2.23 bits per heavy atom. The molecule has 0 aliphatic heterocycles. The number of aromatic nitrogens is 2. The van der Waals surface area contributed by atoms with E-state index in [0.29, 0.717) is 29.0 Å². The molecule has 0 spiro atoms. The molecule has 22 heavy (non-hydrogen) atoms. The van der Waals surface area contributed by atoms with Crippen LogP contribution in [-0.2, 0) is 11.3 Å². The average Bonchev–Trinajstić information content (AvgIpc) is 2.51. The number of benzene rings is 1. The van der Waals surface area contributed by atoms with E-state index in [2.05, 4.69) is 20.6 Å². The van der Waals surface area contributed by atoms with Gasteiger partial charge in [-0.3, -0.25) is 4.79 Å². The van der Waals surface area contributed by atoms with E-state index in [4.69, 9.17) is 22.1 Å². The first kappa shape index (κ1) is 15.8. The number of hydrogen-bond acceptors (Lipinski definition) is 6. The molecule has 1 amide bonds. The molecular weight excluding hydrogens is 306 g/mol. The molecule has 0 saturated heterocycles. The van der Waals surface area contributed by atoms with Crippen LogP contribution in [0.15, 0.2) is 30.6 Å². The summed E-state index contributed by atoms with van der Waals surface area (Å²) in [7, 11) is 1.74. The van der Waals surface area contributed by atoms with Gasteiger partial charge in [0.05, 0.1) is 0 Å². The second-order valence-electron chi connectivity index (χ2n) is 4.39. The molecule has 0 atom stereocenters. The maximum atomic E-state index is 10.7. The molecule has 0 aliphatic carbocycles. The van der Waals surface area contributed by atoms with Crippen LogP contribution in [0, 0.1) is 0 Å². The molecule has 0 bridgehead atoms. The Morgan fingerprint density at radius 1 is 1.41 bits per heavy atom. The van der Waals surface area contributed by atoms with Gasteiger partial charge in [-0.1, -0.05) is 23.7 Å². The zero-order valence-corrected chi connectivity index (χ0v) is 12.7. The Bertz CT molecular complexity index is 665. The highest BCUT2D eigenvalue weighted by Crippen LogP contribution is 2.26. The van der Waals surface area contributed by atoms with Crippen molar-refractivity contribution in [3.05, 3.63) is 41.3 Å². The summed E-state index contributed by atoms with van der Waals surface area (Å²) in [5.41, 5.74) is 6.64. The Labute approximate surface area is 132 Å². The summed E-state index contributed by atoms with van der Waals surface area (Å²) in [6, 6.07) is 7.33. The maximum Gasteiger partial charge on any atom is 0.255 e. The van der Waals surface area contributed by atoms with E-state index in [1.54, 1.807) is 13.1 Å². The van der Waals surface area contributed by atoms with Gasteiger partial charge in [0.25, 0.3) is 5.91 Å².